The quantitative estimate of drug-likeness (QED) is 0.295. The smallest absolute Gasteiger partial charge is 0.261 e. The Hall–Kier alpha value is -3.14. The SMILES string of the molecule is COc1ccc(-c2nc3cc(NC(=S)NC(=O)c4cc(Cl)ccc4OC)ccc3o2)cc1Br. The van der Waals surface area contributed by atoms with Gasteiger partial charge < -0.3 is 19.2 Å². The van der Waals surface area contributed by atoms with Gasteiger partial charge >= 0.3 is 0 Å². The summed E-state index contributed by atoms with van der Waals surface area (Å²) in [5.41, 5.74) is 2.96. The molecule has 0 aliphatic rings. The van der Waals surface area contributed by atoms with Gasteiger partial charge in [0.25, 0.3) is 5.91 Å². The highest BCUT2D eigenvalue weighted by atomic mass is 79.9. The first-order chi connectivity index (χ1) is 15.9. The predicted molar refractivity (Wildman–Crippen MR) is 135 cm³/mol. The number of carbonyl (C=O) groups excluding carboxylic acids is 1. The topological polar surface area (TPSA) is 85.6 Å². The van der Waals surface area contributed by atoms with Crippen molar-refractivity contribution in [3.63, 3.8) is 0 Å². The molecule has 0 bridgehead atoms. The fourth-order valence-corrected chi connectivity index (χ4v) is 4.04. The second kappa shape index (κ2) is 9.78. The molecule has 0 spiro atoms. The van der Waals surface area contributed by atoms with Crippen molar-refractivity contribution in [3.05, 3.63) is 69.7 Å². The van der Waals surface area contributed by atoms with E-state index >= 15 is 0 Å². The summed E-state index contributed by atoms with van der Waals surface area (Å²) in [7, 11) is 3.08. The number of oxazole rings is 1. The van der Waals surface area contributed by atoms with Crippen LogP contribution in [-0.2, 0) is 0 Å². The lowest BCUT2D eigenvalue weighted by atomic mass is 10.2. The Morgan fingerprint density at radius 1 is 1.06 bits per heavy atom. The van der Waals surface area contributed by atoms with E-state index in [9.17, 15) is 4.79 Å². The number of amides is 1. The average molecular weight is 547 g/mol. The van der Waals surface area contributed by atoms with Crippen molar-refractivity contribution in [1.29, 1.82) is 0 Å². The van der Waals surface area contributed by atoms with Crippen LogP contribution >= 0.6 is 39.7 Å². The fourth-order valence-electron chi connectivity index (χ4n) is 3.12. The van der Waals surface area contributed by atoms with E-state index < -0.39 is 5.91 Å². The summed E-state index contributed by atoms with van der Waals surface area (Å²) in [6, 6.07) is 15.7. The van der Waals surface area contributed by atoms with Gasteiger partial charge in [0.15, 0.2) is 10.7 Å². The van der Waals surface area contributed by atoms with Crippen molar-refractivity contribution in [3.8, 4) is 23.0 Å². The van der Waals surface area contributed by atoms with E-state index in [2.05, 4.69) is 31.5 Å². The molecule has 0 aliphatic heterocycles. The molecule has 10 heteroatoms. The van der Waals surface area contributed by atoms with Crippen LogP contribution < -0.4 is 20.1 Å². The lowest BCUT2D eigenvalue weighted by Gasteiger charge is -2.12. The molecule has 168 valence electrons. The molecule has 1 aromatic heterocycles. The molecule has 0 radical (unpaired) electrons. The van der Waals surface area contributed by atoms with Crippen LogP contribution in [0.5, 0.6) is 11.5 Å². The number of anilines is 1. The van der Waals surface area contributed by atoms with Crippen LogP contribution in [0.4, 0.5) is 5.69 Å². The van der Waals surface area contributed by atoms with E-state index in [1.54, 1.807) is 37.4 Å². The average Bonchev–Trinajstić information content (AvgIpc) is 3.22. The number of ether oxygens (including phenoxy) is 2. The minimum Gasteiger partial charge on any atom is -0.496 e. The van der Waals surface area contributed by atoms with Gasteiger partial charge in [-0.2, -0.15) is 0 Å². The molecular formula is C23H17BrClN3O4S. The number of benzene rings is 3. The van der Waals surface area contributed by atoms with Gasteiger partial charge in [0, 0.05) is 16.3 Å². The number of hydrogen-bond acceptors (Lipinski definition) is 6. The summed E-state index contributed by atoms with van der Waals surface area (Å²) >= 11 is 14.8. The number of halogens is 2. The van der Waals surface area contributed by atoms with Crippen molar-refractivity contribution >= 4 is 67.6 Å². The molecule has 7 nitrogen and oxygen atoms in total. The molecule has 1 heterocycles. The van der Waals surface area contributed by atoms with Gasteiger partial charge in [-0.15, -0.1) is 0 Å². The van der Waals surface area contributed by atoms with E-state index in [-0.39, 0.29) is 10.7 Å². The van der Waals surface area contributed by atoms with Crippen molar-refractivity contribution in [1.82, 2.24) is 10.3 Å². The van der Waals surface area contributed by atoms with Crippen LogP contribution in [0.1, 0.15) is 10.4 Å². The first-order valence-corrected chi connectivity index (χ1v) is 11.2. The Morgan fingerprint density at radius 3 is 2.55 bits per heavy atom. The highest BCUT2D eigenvalue weighted by Crippen LogP contribution is 2.32. The van der Waals surface area contributed by atoms with Gasteiger partial charge in [-0.1, -0.05) is 11.6 Å². The molecule has 0 aliphatic carbocycles. The Bertz CT molecular complexity index is 1380. The third-order valence-corrected chi connectivity index (χ3v) is 5.74. The van der Waals surface area contributed by atoms with Gasteiger partial charge in [0.05, 0.1) is 24.3 Å². The van der Waals surface area contributed by atoms with E-state index in [1.165, 1.54) is 13.2 Å². The number of aromatic nitrogens is 1. The van der Waals surface area contributed by atoms with Crippen LogP contribution in [0.15, 0.2) is 63.5 Å². The summed E-state index contributed by atoms with van der Waals surface area (Å²) in [4.78, 5) is 17.2. The number of carbonyl (C=O) groups is 1. The van der Waals surface area contributed by atoms with Gasteiger partial charge in [-0.05, 0) is 82.7 Å². The van der Waals surface area contributed by atoms with Crippen LogP contribution in [0, 0.1) is 0 Å². The first-order valence-electron chi connectivity index (χ1n) is 9.58. The zero-order chi connectivity index (χ0) is 23.5. The number of nitrogens with one attached hydrogen (secondary N) is 2. The fraction of sp³-hybridized carbons (Fsp3) is 0.0870. The van der Waals surface area contributed by atoms with Gasteiger partial charge in [-0.25, -0.2) is 4.98 Å². The zero-order valence-electron chi connectivity index (χ0n) is 17.4. The highest BCUT2D eigenvalue weighted by molar-refractivity contribution is 9.10. The van der Waals surface area contributed by atoms with E-state index in [4.69, 9.17) is 37.7 Å². The number of nitrogens with zero attached hydrogens (tertiary/aromatic N) is 1. The second-order valence-electron chi connectivity index (χ2n) is 6.80. The molecule has 33 heavy (non-hydrogen) atoms. The Balaban J connectivity index is 1.50. The van der Waals surface area contributed by atoms with Crippen molar-refractivity contribution in [2.45, 2.75) is 0 Å². The largest absolute Gasteiger partial charge is 0.496 e. The molecular weight excluding hydrogens is 530 g/mol. The van der Waals surface area contributed by atoms with E-state index in [0.29, 0.717) is 39.2 Å². The van der Waals surface area contributed by atoms with Gasteiger partial charge in [0.2, 0.25) is 5.89 Å². The van der Waals surface area contributed by atoms with Gasteiger partial charge in [-0.3, -0.25) is 10.1 Å². The van der Waals surface area contributed by atoms with Crippen LogP contribution in [0.2, 0.25) is 5.02 Å². The van der Waals surface area contributed by atoms with Crippen LogP contribution in [0.25, 0.3) is 22.6 Å². The maximum absolute atomic E-state index is 12.6. The summed E-state index contributed by atoms with van der Waals surface area (Å²) < 4.78 is 17.1. The lowest BCUT2D eigenvalue weighted by molar-refractivity contribution is 0.0975. The van der Waals surface area contributed by atoms with Crippen molar-refractivity contribution < 1.29 is 18.7 Å². The summed E-state index contributed by atoms with van der Waals surface area (Å²) in [6.45, 7) is 0. The maximum Gasteiger partial charge on any atom is 0.261 e. The Kier molecular flexibility index (Phi) is 6.83. The maximum atomic E-state index is 12.6. The Labute approximate surface area is 208 Å². The summed E-state index contributed by atoms with van der Waals surface area (Å²) in [5.74, 6) is 1.13. The monoisotopic (exact) mass is 545 g/mol. The number of hydrogen-bond donors (Lipinski definition) is 2. The van der Waals surface area contributed by atoms with Crippen molar-refractivity contribution in [2.24, 2.45) is 0 Å². The molecule has 1 amide bonds. The molecule has 0 saturated carbocycles. The molecule has 0 saturated heterocycles. The molecule has 3 aromatic carbocycles. The number of rotatable bonds is 5. The second-order valence-corrected chi connectivity index (χ2v) is 8.50. The molecule has 0 atom stereocenters. The number of methoxy groups -OCH3 is 2. The minimum absolute atomic E-state index is 0.115. The van der Waals surface area contributed by atoms with Crippen LogP contribution in [-0.4, -0.2) is 30.2 Å². The third kappa shape index (κ3) is 5.11. The van der Waals surface area contributed by atoms with Gasteiger partial charge in [0.1, 0.15) is 17.0 Å². The van der Waals surface area contributed by atoms with Crippen molar-refractivity contribution in [2.75, 3.05) is 19.5 Å². The predicted octanol–water partition coefficient (Wildman–Crippen LogP) is 6.05. The lowest BCUT2D eigenvalue weighted by Crippen LogP contribution is -2.34. The van der Waals surface area contributed by atoms with Crippen LogP contribution in [0.3, 0.4) is 0 Å². The molecule has 2 N–H and O–H groups in total. The molecule has 4 rings (SSSR count). The molecule has 0 unspecified atom stereocenters. The number of thiocarbonyl (C=S) groups is 1. The normalized spacial score (nSPS) is 10.7. The van der Waals surface area contributed by atoms with E-state index in [1.807, 2.05) is 18.2 Å². The summed E-state index contributed by atoms with van der Waals surface area (Å²) in [5, 5.41) is 6.13. The standard InChI is InChI=1S/C23H17BrClN3O4S/c1-30-18-7-4-13(25)10-15(18)21(29)28-23(33)26-14-5-8-20-17(11-14)27-22(32-20)12-3-6-19(31-2)16(24)9-12/h3-11H,1-2H3,(H2,26,28,29,33). The molecule has 4 aromatic rings. The molecule has 0 fully saturated rings. The minimum atomic E-state index is -0.443. The Morgan fingerprint density at radius 2 is 1.82 bits per heavy atom. The number of fused-ring (bicyclic) bond motifs is 1. The third-order valence-electron chi connectivity index (χ3n) is 4.68. The zero-order valence-corrected chi connectivity index (χ0v) is 20.6. The van der Waals surface area contributed by atoms with E-state index in [0.717, 1.165) is 10.0 Å². The first kappa shape index (κ1) is 23.0. The summed E-state index contributed by atoms with van der Waals surface area (Å²) in [6.07, 6.45) is 0. The highest BCUT2D eigenvalue weighted by Gasteiger charge is 2.15.